The summed E-state index contributed by atoms with van der Waals surface area (Å²) in [4.78, 5) is 20.0. The third-order valence-corrected chi connectivity index (χ3v) is 6.03. The lowest BCUT2D eigenvalue weighted by atomic mass is 10.1. The first-order valence-electron chi connectivity index (χ1n) is 8.91. The number of hydrogen-bond acceptors (Lipinski definition) is 10. The fraction of sp³-hybridized carbons (Fsp3) is 0.0556. The minimum Gasteiger partial charge on any atom is -0.505 e. The number of hydrogen-bond donors (Lipinski definition) is 4. The lowest BCUT2D eigenvalue weighted by Crippen LogP contribution is -2.08. The molecule has 4 N–H and O–H groups in total. The van der Waals surface area contributed by atoms with E-state index in [2.05, 4.69) is 15.5 Å². The van der Waals surface area contributed by atoms with E-state index in [1.807, 2.05) is 0 Å². The summed E-state index contributed by atoms with van der Waals surface area (Å²) in [5.41, 5.74) is -1.31. The molecule has 0 spiro atoms. The van der Waals surface area contributed by atoms with Crippen molar-refractivity contribution >= 4 is 59.7 Å². The number of phenols is 1. The van der Waals surface area contributed by atoms with Crippen LogP contribution >= 0.6 is 0 Å². The van der Waals surface area contributed by atoms with Crippen LogP contribution in [0.25, 0.3) is 10.8 Å². The van der Waals surface area contributed by atoms with Gasteiger partial charge in [0.2, 0.25) is 5.91 Å². The summed E-state index contributed by atoms with van der Waals surface area (Å²) in [5, 5.41) is 30.6. The van der Waals surface area contributed by atoms with Crippen LogP contribution in [-0.2, 0) is 25.0 Å². The van der Waals surface area contributed by atoms with E-state index in [0.717, 1.165) is 37.3 Å². The molecule has 14 nitrogen and oxygen atoms in total. The predicted octanol–water partition coefficient (Wildman–Crippen LogP) is 3.32. The molecular formula is C18H14N4O10S2. The lowest BCUT2D eigenvalue weighted by molar-refractivity contribution is -0.384. The molecule has 1 amide bonds. The zero-order chi connectivity index (χ0) is 25.4. The molecule has 3 aromatic rings. The first-order valence-corrected chi connectivity index (χ1v) is 11.8. The van der Waals surface area contributed by atoms with Crippen molar-refractivity contribution in [2.75, 3.05) is 5.32 Å². The number of carbonyl (C=O) groups is 1. The summed E-state index contributed by atoms with van der Waals surface area (Å²) in [6.45, 7) is 1.07. The van der Waals surface area contributed by atoms with E-state index in [4.69, 9.17) is 0 Å². The first kappa shape index (κ1) is 24.6. The molecule has 0 fully saturated rings. The van der Waals surface area contributed by atoms with Crippen LogP contribution in [0.2, 0.25) is 0 Å². The molecule has 0 aliphatic heterocycles. The van der Waals surface area contributed by atoms with Crippen LogP contribution in [0.3, 0.4) is 0 Å². The van der Waals surface area contributed by atoms with Crippen LogP contribution in [0.15, 0.2) is 62.5 Å². The number of benzene rings is 3. The highest BCUT2D eigenvalue weighted by Gasteiger charge is 2.25. The van der Waals surface area contributed by atoms with Crippen molar-refractivity contribution in [3.8, 4) is 5.75 Å². The summed E-state index contributed by atoms with van der Waals surface area (Å²) in [6.07, 6.45) is 0. The molecule has 0 unspecified atom stereocenters. The van der Waals surface area contributed by atoms with E-state index in [-0.39, 0.29) is 27.8 Å². The molecule has 0 aliphatic carbocycles. The van der Waals surface area contributed by atoms with E-state index in [1.54, 1.807) is 0 Å². The molecule has 34 heavy (non-hydrogen) atoms. The van der Waals surface area contributed by atoms with Crippen molar-refractivity contribution in [3.63, 3.8) is 0 Å². The largest absolute Gasteiger partial charge is 0.505 e. The Labute approximate surface area is 191 Å². The summed E-state index contributed by atoms with van der Waals surface area (Å²) in [5.74, 6) is -1.59. The predicted molar refractivity (Wildman–Crippen MR) is 117 cm³/mol. The Morgan fingerprint density at radius 1 is 1.00 bits per heavy atom. The van der Waals surface area contributed by atoms with E-state index in [1.165, 1.54) is 12.1 Å². The molecule has 0 heterocycles. The zero-order valence-electron chi connectivity index (χ0n) is 16.9. The summed E-state index contributed by atoms with van der Waals surface area (Å²) in [6, 6.07) is 6.97. The van der Waals surface area contributed by atoms with Gasteiger partial charge in [0.15, 0.2) is 5.75 Å². The molecule has 0 aromatic heterocycles. The smallest absolute Gasteiger partial charge is 0.296 e. The number of amides is 1. The van der Waals surface area contributed by atoms with E-state index < -0.39 is 52.3 Å². The quantitative estimate of drug-likeness (QED) is 0.164. The number of azo groups is 1. The molecule has 0 saturated heterocycles. The van der Waals surface area contributed by atoms with Crippen molar-refractivity contribution in [1.29, 1.82) is 0 Å². The second kappa shape index (κ2) is 8.75. The van der Waals surface area contributed by atoms with Gasteiger partial charge in [-0.2, -0.15) is 21.9 Å². The number of aromatic hydroxyl groups is 1. The highest BCUT2D eigenvalue weighted by molar-refractivity contribution is 7.86. The van der Waals surface area contributed by atoms with E-state index in [9.17, 15) is 46.0 Å². The number of fused-ring (bicyclic) bond motifs is 1. The zero-order valence-corrected chi connectivity index (χ0v) is 18.5. The van der Waals surface area contributed by atoms with Gasteiger partial charge in [0.1, 0.15) is 10.6 Å². The minimum atomic E-state index is -5.06. The van der Waals surface area contributed by atoms with Crippen molar-refractivity contribution < 1.29 is 40.8 Å². The van der Waals surface area contributed by atoms with Crippen LogP contribution in [0, 0.1) is 10.1 Å². The minimum absolute atomic E-state index is 0.0233. The standard InChI is InChI=1S/C18H14N4O10S2/c1-9(23)19-14-8-13(33(27,28)29)6-10-7-15(34(30,31)32)17(18(24)16(10)14)21-20-11-2-4-12(5-3-11)22(25)26/h2-8,24H,1H3,(H,19,23)(H,27,28,29)(H,30,31,32). The molecule has 0 atom stereocenters. The number of anilines is 1. The molecule has 16 heteroatoms. The second-order valence-electron chi connectivity index (χ2n) is 6.75. The number of nitro benzene ring substituents is 1. The van der Waals surface area contributed by atoms with Crippen molar-refractivity contribution in [2.24, 2.45) is 10.2 Å². The Morgan fingerprint density at radius 3 is 2.12 bits per heavy atom. The van der Waals surface area contributed by atoms with Gasteiger partial charge >= 0.3 is 0 Å². The van der Waals surface area contributed by atoms with Gasteiger partial charge in [-0.1, -0.05) is 0 Å². The van der Waals surface area contributed by atoms with E-state index in [0.29, 0.717) is 0 Å². The topological polar surface area (TPSA) is 226 Å². The summed E-state index contributed by atoms with van der Waals surface area (Å²) >= 11 is 0. The van der Waals surface area contributed by atoms with Crippen LogP contribution in [0.4, 0.5) is 22.7 Å². The van der Waals surface area contributed by atoms with Gasteiger partial charge in [0.05, 0.1) is 21.2 Å². The molecule has 3 aromatic carbocycles. The Balaban J connectivity index is 2.33. The van der Waals surface area contributed by atoms with Gasteiger partial charge in [0.25, 0.3) is 25.9 Å². The third kappa shape index (κ3) is 5.15. The number of non-ortho nitro benzene ring substituents is 1. The monoisotopic (exact) mass is 510 g/mol. The van der Waals surface area contributed by atoms with Crippen molar-refractivity contribution in [3.05, 3.63) is 52.6 Å². The van der Waals surface area contributed by atoms with Crippen molar-refractivity contribution in [1.82, 2.24) is 0 Å². The number of nitrogens with one attached hydrogen (secondary N) is 1. The summed E-state index contributed by atoms with van der Waals surface area (Å²) in [7, 11) is -9.87. The van der Waals surface area contributed by atoms with Gasteiger partial charge in [0, 0.05) is 24.4 Å². The van der Waals surface area contributed by atoms with E-state index >= 15 is 0 Å². The molecule has 0 saturated carbocycles. The molecule has 0 radical (unpaired) electrons. The normalized spacial score (nSPS) is 12.2. The maximum atomic E-state index is 12.0. The van der Waals surface area contributed by atoms with Crippen molar-refractivity contribution in [2.45, 2.75) is 16.7 Å². The Bertz CT molecular complexity index is 1580. The number of nitro groups is 1. The fourth-order valence-corrected chi connectivity index (χ4v) is 4.14. The Hall–Kier alpha value is -3.99. The molecule has 0 bridgehead atoms. The average molecular weight is 510 g/mol. The van der Waals surface area contributed by atoms with Gasteiger partial charge in [-0.05, 0) is 35.7 Å². The van der Waals surface area contributed by atoms with Gasteiger partial charge in [-0.15, -0.1) is 5.11 Å². The van der Waals surface area contributed by atoms with Crippen LogP contribution in [-0.4, -0.2) is 41.9 Å². The average Bonchev–Trinajstić information content (AvgIpc) is 2.71. The number of rotatable bonds is 6. The second-order valence-corrected chi connectivity index (χ2v) is 9.56. The number of nitrogens with zero attached hydrogens (tertiary/aromatic N) is 3. The maximum absolute atomic E-state index is 12.0. The molecule has 3 rings (SSSR count). The van der Waals surface area contributed by atoms with Gasteiger partial charge in [-0.25, -0.2) is 0 Å². The summed E-state index contributed by atoms with van der Waals surface area (Å²) < 4.78 is 66.1. The lowest BCUT2D eigenvalue weighted by Gasteiger charge is -2.14. The molecule has 0 aliphatic rings. The Morgan fingerprint density at radius 2 is 1.62 bits per heavy atom. The molecular weight excluding hydrogens is 496 g/mol. The molecule has 178 valence electrons. The number of carbonyl (C=O) groups excluding carboxylic acids is 1. The number of phenolic OH excluding ortho intramolecular Hbond substituents is 1. The Kier molecular flexibility index (Phi) is 6.34. The van der Waals surface area contributed by atoms with Crippen LogP contribution < -0.4 is 5.32 Å². The SMILES string of the molecule is CC(=O)Nc1cc(S(=O)(=O)O)cc2cc(S(=O)(=O)O)c(N=Nc3ccc([N+](=O)[O-])cc3)c(O)c12. The first-order chi connectivity index (χ1) is 15.7. The van der Waals surface area contributed by atoms with Crippen LogP contribution in [0.5, 0.6) is 5.75 Å². The maximum Gasteiger partial charge on any atom is 0.296 e. The van der Waals surface area contributed by atoms with Gasteiger partial charge < -0.3 is 10.4 Å². The van der Waals surface area contributed by atoms with Crippen LogP contribution in [0.1, 0.15) is 6.92 Å². The fourth-order valence-electron chi connectivity index (χ4n) is 2.94. The highest BCUT2D eigenvalue weighted by atomic mass is 32.2. The van der Waals surface area contributed by atoms with Gasteiger partial charge in [-0.3, -0.25) is 24.0 Å². The highest BCUT2D eigenvalue weighted by Crippen LogP contribution is 2.45. The third-order valence-electron chi connectivity index (χ3n) is 4.34.